The molecule has 1 unspecified atom stereocenters. The average Bonchev–Trinajstić information content (AvgIpc) is 2.59. The zero-order chi connectivity index (χ0) is 8.23. The first-order valence-corrected chi connectivity index (χ1v) is 5.10. The summed E-state index contributed by atoms with van der Waals surface area (Å²) in [5.41, 5.74) is 0. The molecule has 1 saturated heterocycles. The molecule has 0 amide bonds. The van der Waals surface area contributed by atoms with Crippen LogP contribution >= 0.6 is 11.3 Å². The fourth-order valence-electron chi connectivity index (χ4n) is 1.33. The smallest absolute Gasteiger partial charge is 0.273 e. The number of hydrogen-bond donors (Lipinski definition) is 1. The molecule has 3 nitrogen and oxygen atoms in total. The first kappa shape index (κ1) is 8.01. The van der Waals surface area contributed by atoms with Crippen LogP contribution in [0.2, 0.25) is 0 Å². The molecule has 0 spiro atoms. The first-order valence-electron chi connectivity index (χ1n) is 4.22. The number of aromatic nitrogens is 1. The van der Waals surface area contributed by atoms with Gasteiger partial charge in [0.25, 0.3) is 5.19 Å². The highest BCUT2D eigenvalue weighted by molar-refractivity contribution is 7.11. The number of nitrogens with one attached hydrogen (secondary N) is 1. The molecule has 1 aromatic rings. The van der Waals surface area contributed by atoms with E-state index >= 15 is 0 Å². The van der Waals surface area contributed by atoms with Gasteiger partial charge < -0.3 is 10.1 Å². The standard InChI is InChI=1S/C8H12N2OS/c1-2-7(6-9-3-1)11-8-10-4-5-12-8/h4-5,7,9H,1-3,6H2. The molecule has 2 rings (SSSR count). The Labute approximate surface area is 75.8 Å². The maximum Gasteiger partial charge on any atom is 0.273 e. The Morgan fingerprint density at radius 2 is 2.67 bits per heavy atom. The van der Waals surface area contributed by atoms with Crippen LogP contribution in [0.3, 0.4) is 0 Å². The fraction of sp³-hybridized carbons (Fsp3) is 0.625. The third-order valence-corrected chi connectivity index (χ3v) is 2.59. The van der Waals surface area contributed by atoms with Crippen LogP contribution in [0.25, 0.3) is 0 Å². The molecule has 1 aliphatic rings. The minimum atomic E-state index is 0.324. The third-order valence-electron chi connectivity index (χ3n) is 1.93. The van der Waals surface area contributed by atoms with Gasteiger partial charge >= 0.3 is 0 Å². The zero-order valence-corrected chi connectivity index (χ0v) is 7.64. The Kier molecular flexibility index (Phi) is 2.58. The lowest BCUT2D eigenvalue weighted by Crippen LogP contribution is -2.37. The molecule has 1 fully saturated rings. The van der Waals surface area contributed by atoms with Gasteiger partial charge in [0, 0.05) is 18.1 Å². The quantitative estimate of drug-likeness (QED) is 0.751. The van der Waals surface area contributed by atoms with Crippen LogP contribution in [0, 0.1) is 0 Å². The number of rotatable bonds is 2. The maximum absolute atomic E-state index is 5.64. The Balaban J connectivity index is 1.86. The van der Waals surface area contributed by atoms with E-state index in [-0.39, 0.29) is 0 Å². The molecule has 0 aromatic carbocycles. The molecule has 1 atom stereocenters. The summed E-state index contributed by atoms with van der Waals surface area (Å²) in [6.07, 6.45) is 4.45. The number of ether oxygens (including phenoxy) is 1. The van der Waals surface area contributed by atoms with E-state index in [2.05, 4.69) is 10.3 Å². The van der Waals surface area contributed by atoms with Crippen LogP contribution in [-0.4, -0.2) is 24.2 Å². The molecule has 1 aromatic heterocycles. The highest BCUT2D eigenvalue weighted by atomic mass is 32.1. The van der Waals surface area contributed by atoms with Crippen molar-refractivity contribution in [3.05, 3.63) is 11.6 Å². The summed E-state index contributed by atoms with van der Waals surface area (Å²) in [5, 5.41) is 6.03. The van der Waals surface area contributed by atoms with Gasteiger partial charge in [0.05, 0.1) is 0 Å². The SMILES string of the molecule is c1csc(OC2CCCNC2)n1. The molecule has 0 aliphatic carbocycles. The van der Waals surface area contributed by atoms with Crippen molar-refractivity contribution in [3.63, 3.8) is 0 Å². The van der Waals surface area contributed by atoms with Crippen LogP contribution in [0.15, 0.2) is 11.6 Å². The van der Waals surface area contributed by atoms with Crippen molar-refractivity contribution in [3.8, 4) is 5.19 Å². The van der Waals surface area contributed by atoms with Gasteiger partial charge in [-0.3, -0.25) is 0 Å². The van der Waals surface area contributed by atoms with Crippen LogP contribution < -0.4 is 10.1 Å². The van der Waals surface area contributed by atoms with E-state index in [0.717, 1.165) is 24.7 Å². The fourth-order valence-corrected chi connectivity index (χ4v) is 1.88. The molecule has 1 N–H and O–H groups in total. The minimum absolute atomic E-state index is 0.324. The van der Waals surface area contributed by atoms with E-state index < -0.39 is 0 Å². The minimum Gasteiger partial charge on any atom is -0.465 e. The Morgan fingerprint density at radius 3 is 3.33 bits per heavy atom. The number of piperidine rings is 1. The molecule has 12 heavy (non-hydrogen) atoms. The van der Waals surface area contributed by atoms with Crippen molar-refractivity contribution in [2.45, 2.75) is 18.9 Å². The van der Waals surface area contributed by atoms with Crippen molar-refractivity contribution in [1.82, 2.24) is 10.3 Å². The van der Waals surface area contributed by atoms with Gasteiger partial charge in [0.15, 0.2) is 0 Å². The summed E-state index contributed by atoms with van der Waals surface area (Å²) in [7, 11) is 0. The Morgan fingerprint density at radius 1 is 1.67 bits per heavy atom. The van der Waals surface area contributed by atoms with Crippen LogP contribution in [0.1, 0.15) is 12.8 Å². The van der Waals surface area contributed by atoms with Crippen LogP contribution in [-0.2, 0) is 0 Å². The largest absolute Gasteiger partial charge is 0.465 e. The van der Waals surface area contributed by atoms with Gasteiger partial charge in [0.2, 0.25) is 0 Å². The molecule has 0 saturated carbocycles. The predicted molar refractivity (Wildman–Crippen MR) is 48.6 cm³/mol. The van der Waals surface area contributed by atoms with Gasteiger partial charge in [-0.25, -0.2) is 4.98 Å². The summed E-state index contributed by atoms with van der Waals surface area (Å²) in [4.78, 5) is 4.08. The van der Waals surface area contributed by atoms with Gasteiger partial charge in [-0.15, -0.1) is 0 Å². The van der Waals surface area contributed by atoms with E-state index in [1.165, 1.54) is 6.42 Å². The molecule has 0 radical (unpaired) electrons. The van der Waals surface area contributed by atoms with E-state index in [1.807, 2.05) is 5.38 Å². The Hall–Kier alpha value is -0.610. The van der Waals surface area contributed by atoms with Gasteiger partial charge in [-0.05, 0) is 19.4 Å². The normalized spacial score (nSPS) is 23.8. The van der Waals surface area contributed by atoms with Gasteiger partial charge in [-0.2, -0.15) is 0 Å². The molecule has 1 aliphatic heterocycles. The number of nitrogens with zero attached hydrogens (tertiary/aromatic N) is 1. The average molecular weight is 184 g/mol. The number of thiazole rings is 1. The first-order chi connectivity index (χ1) is 5.95. The molecular weight excluding hydrogens is 172 g/mol. The van der Waals surface area contributed by atoms with Crippen molar-refractivity contribution >= 4 is 11.3 Å². The molecule has 4 heteroatoms. The summed E-state index contributed by atoms with van der Waals surface area (Å²) in [6, 6.07) is 0. The molecule has 66 valence electrons. The zero-order valence-electron chi connectivity index (χ0n) is 6.82. The summed E-state index contributed by atoms with van der Waals surface area (Å²) in [6.45, 7) is 2.08. The van der Waals surface area contributed by atoms with Crippen molar-refractivity contribution in [2.24, 2.45) is 0 Å². The highest BCUT2D eigenvalue weighted by Gasteiger charge is 2.14. The van der Waals surface area contributed by atoms with Crippen molar-refractivity contribution in [2.75, 3.05) is 13.1 Å². The lowest BCUT2D eigenvalue weighted by molar-refractivity contribution is 0.166. The van der Waals surface area contributed by atoms with E-state index in [4.69, 9.17) is 4.74 Å². The Bertz CT molecular complexity index is 219. The molecule has 2 heterocycles. The monoisotopic (exact) mass is 184 g/mol. The summed E-state index contributed by atoms with van der Waals surface area (Å²) >= 11 is 1.56. The van der Waals surface area contributed by atoms with Gasteiger partial charge in [-0.1, -0.05) is 11.3 Å². The van der Waals surface area contributed by atoms with Crippen molar-refractivity contribution in [1.29, 1.82) is 0 Å². The third kappa shape index (κ3) is 1.95. The van der Waals surface area contributed by atoms with Gasteiger partial charge in [0.1, 0.15) is 6.10 Å². The number of hydrogen-bond acceptors (Lipinski definition) is 4. The molecule has 0 bridgehead atoms. The van der Waals surface area contributed by atoms with E-state index in [9.17, 15) is 0 Å². The van der Waals surface area contributed by atoms with E-state index in [0.29, 0.717) is 6.10 Å². The molecular formula is C8H12N2OS. The predicted octanol–water partition coefficient (Wildman–Crippen LogP) is 1.27. The lowest BCUT2D eigenvalue weighted by Gasteiger charge is -2.22. The second-order valence-corrected chi connectivity index (χ2v) is 3.74. The van der Waals surface area contributed by atoms with Crippen LogP contribution in [0.5, 0.6) is 5.19 Å². The highest BCUT2D eigenvalue weighted by Crippen LogP contribution is 2.17. The lowest BCUT2D eigenvalue weighted by atomic mass is 10.1. The topological polar surface area (TPSA) is 34.1 Å². The second kappa shape index (κ2) is 3.87. The summed E-state index contributed by atoms with van der Waals surface area (Å²) < 4.78 is 5.64. The van der Waals surface area contributed by atoms with Crippen molar-refractivity contribution < 1.29 is 4.74 Å². The summed E-state index contributed by atoms with van der Waals surface area (Å²) in [5.74, 6) is 0. The van der Waals surface area contributed by atoms with E-state index in [1.54, 1.807) is 17.5 Å². The maximum atomic E-state index is 5.64. The van der Waals surface area contributed by atoms with Crippen LogP contribution in [0.4, 0.5) is 0 Å². The second-order valence-electron chi connectivity index (χ2n) is 2.88.